The highest BCUT2D eigenvalue weighted by atomic mass is 16.4. The molecular weight excluding hydrogens is 270 g/mol. The summed E-state index contributed by atoms with van der Waals surface area (Å²) in [5.74, 6) is -0.961. The largest absolute Gasteiger partial charge is 0.481 e. The number of carboxylic acids is 1. The summed E-state index contributed by atoms with van der Waals surface area (Å²) in [5, 5.41) is 9.36. The normalized spacial score (nSPS) is 25.5. The van der Waals surface area contributed by atoms with E-state index < -0.39 is 11.9 Å². The van der Waals surface area contributed by atoms with E-state index in [1.165, 1.54) is 0 Å². The molecule has 0 aromatic carbocycles. The minimum absolute atomic E-state index is 0.000926. The molecule has 5 heteroatoms. The van der Waals surface area contributed by atoms with Gasteiger partial charge in [-0.2, -0.15) is 0 Å². The number of carboxylic acid groups (broad SMARTS) is 1. The third-order valence-electron chi connectivity index (χ3n) is 4.58. The van der Waals surface area contributed by atoms with E-state index in [0.29, 0.717) is 19.4 Å². The van der Waals surface area contributed by atoms with Crippen molar-refractivity contribution in [3.05, 3.63) is 24.2 Å². The molecule has 3 rings (SSSR count). The van der Waals surface area contributed by atoms with Gasteiger partial charge in [0.05, 0.1) is 24.6 Å². The van der Waals surface area contributed by atoms with Gasteiger partial charge in [0.25, 0.3) is 0 Å². The van der Waals surface area contributed by atoms with Gasteiger partial charge < -0.3 is 14.4 Å². The van der Waals surface area contributed by atoms with Crippen LogP contribution >= 0.6 is 0 Å². The summed E-state index contributed by atoms with van der Waals surface area (Å²) in [6, 6.07) is 3.93. The Kier molecular flexibility index (Phi) is 3.99. The van der Waals surface area contributed by atoms with Crippen molar-refractivity contribution >= 4 is 11.9 Å². The third kappa shape index (κ3) is 3.12. The summed E-state index contributed by atoms with van der Waals surface area (Å²) < 4.78 is 5.34. The van der Waals surface area contributed by atoms with Crippen LogP contribution in [0.3, 0.4) is 0 Å². The standard InChI is InChI=1S/C16H21NO4/c18-15(13-5-1-2-6-14(13)16(19)20)17(11-7-8-11)10-12-4-3-9-21-12/h3-4,9,11,13-14H,1-2,5-8,10H2,(H,19,20). The molecule has 1 N–H and O–H groups in total. The maximum atomic E-state index is 12.8. The molecule has 114 valence electrons. The number of nitrogens with zero attached hydrogens (tertiary/aromatic N) is 1. The third-order valence-corrected chi connectivity index (χ3v) is 4.58. The van der Waals surface area contributed by atoms with Gasteiger partial charge in [0.2, 0.25) is 5.91 Å². The second-order valence-corrected chi connectivity index (χ2v) is 6.11. The smallest absolute Gasteiger partial charge is 0.307 e. The van der Waals surface area contributed by atoms with Gasteiger partial charge in [-0.05, 0) is 37.8 Å². The van der Waals surface area contributed by atoms with Gasteiger partial charge in [-0.3, -0.25) is 9.59 Å². The first-order chi connectivity index (χ1) is 10.2. The van der Waals surface area contributed by atoms with Gasteiger partial charge in [-0.15, -0.1) is 0 Å². The number of carbonyl (C=O) groups is 2. The van der Waals surface area contributed by atoms with Crippen LogP contribution in [-0.4, -0.2) is 27.9 Å². The monoisotopic (exact) mass is 291 g/mol. The van der Waals surface area contributed by atoms with E-state index in [-0.39, 0.29) is 17.9 Å². The summed E-state index contributed by atoms with van der Waals surface area (Å²) in [4.78, 5) is 26.1. The molecule has 0 saturated heterocycles. The van der Waals surface area contributed by atoms with Crippen LogP contribution in [0.25, 0.3) is 0 Å². The minimum Gasteiger partial charge on any atom is -0.481 e. The molecule has 1 amide bonds. The Labute approximate surface area is 123 Å². The van der Waals surface area contributed by atoms with Crippen LogP contribution in [0.2, 0.25) is 0 Å². The van der Waals surface area contributed by atoms with Crippen molar-refractivity contribution in [2.75, 3.05) is 0 Å². The zero-order valence-electron chi connectivity index (χ0n) is 12.0. The first-order valence-electron chi connectivity index (χ1n) is 7.72. The van der Waals surface area contributed by atoms with Gasteiger partial charge in [-0.1, -0.05) is 12.8 Å². The second-order valence-electron chi connectivity index (χ2n) is 6.11. The van der Waals surface area contributed by atoms with Crippen molar-refractivity contribution in [3.8, 4) is 0 Å². The van der Waals surface area contributed by atoms with Crippen molar-refractivity contribution in [2.24, 2.45) is 11.8 Å². The molecule has 0 bridgehead atoms. The lowest BCUT2D eigenvalue weighted by atomic mass is 9.78. The highest BCUT2D eigenvalue weighted by Gasteiger charge is 2.42. The molecule has 1 aromatic heterocycles. The van der Waals surface area contributed by atoms with Crippen molar-refractivity contribution in [2.45, 2.75) is 51.1 Å². The summed E-state index contributed by atoms with van der Waals surface area (Å²) in [6.07, 6.45) is 6.78. The topological polar surface area (TPSA) is 70.8 Å². The molecule has 5 nitrogen and oxygen atoms in total. The number of furan rings is 1. The van der Waals surface area contributed by atoms with Gasteiger partial charge in [0.1, 0.15) is 5.76 Å². The Bertz CT molecular complexity index is 506. The summed E-state index contributed by atoms with van der Waals surface area (Å²) in [6.45, 7) is 0.458. The zero-order valence-corrected chi connectivity index (χ0v) is 12.0. The molecule has 2 atom stereocenters. The highest BCUT2D eigenvalue weighted by Crippen LogP contribution is 2.36. The fourth-order valence-corrected chi connectivity index (χ4v) is 3.28. The van der Waals surface area contributed by atoms with E-state index >= 15 is 0 Å². The van der Waals surface area contributed by atoms with E-state index in [2.05, 4.69) is 0 Å². The first kappa shape index (κ1) is 14.2. The molecule has 21 heavy (non-hydrogen) atoms. The maximum absolute atomic E-state index is 12.8. The summed E-state index contributed by atoms with van der Waals surface area (Å²) >= 11 is 0. The molecule has 1 aromatic rings. The van der Waals surface area contributed by atoms with E-state index in [1.807, 2.05) is 17.0 Å². The number of carbonyl (C=O) groups excluding carboxylic acids is 1. The van der Waals surface area contributed by atoms with Crippen LogP contribution in [-0.2, 0) is 16.1 Å². The van der Waals surface area contributed by atoms with Crippen LogP contribution in [0.1, 0.15) is 44.3 Å². The number of hydrogen-bond acceptors (Lipinski definition) is 3. The zero-order chi connectivity index (χ0) is 14.8. The second kappa shape index (κ2) is 5.92. The van der Waals surface area contributed by atoms with Crippen LogP contribution in [0.15, 0.2) is 22.8 Å². The van der Waals surface area contributed by atoms with Crippen molar-refractivity contribution < 1.29 is 19.1 Å². The molecule has 2 aliphatic rings. The molecule has 0 radical (unpaired) electrons. The minimum atomic E-state index is -0.832. The Morgan fingerprint density at radius 2 is 1.90 bits per heavy atom. The van der Waals surface area contributed by atoms with E-state index in [4.69, 9.17) is 4.42 Å². The molecule has 1 heterocycles. The predicted molar refractivity (Wildman–Crippen MR) is 75.4 cm³/mol. The van der Waals surface area contributed by atoms with E-state index in [9.17, 15) is 14.7 Å². The SMILES string of the molecule is O=C(O)C1CCCCC1C(=O)N(Cc1ccco1)C1CC1. The Morgan fingerprint density at radius 1 is 1.19 bits per heavy atom. The predicted octanol–water partition coefficient (Wildman–Crippen LogP) is 2.66. The molecule has 2 saturated carbocycles. The van der Waals surface area contributed by atoms with Crippen molar-refractivity contribution in [1.82, 2.24) is 4.90 Å². The van der Waals surface area contributed by atoms with Crippen LogP contribution in [0, 0.1) is 11.8 Å². The van der Waals surface area contributed by atoms with Gasteiger partial charge in [0.15, 0.2) is 0 Å². The summed E-state index contributed by atoms with van der Waals surface area (Å²) in [7, 11) is 0. The molecule has 2 fully saturated rings. The maximum Gasteiger partial charge on any atom is 0.307 e. The quantitative estimate of drug-likeness (QED) is 0.905. The van der Waals surface area contributed by atoms with Gasteiger partial charge >= 0.3 is 5.97 Å². The average molecular weight is 291 g/mol. The lowest BCUT2D eigenvalue weighted by molar-refractivity contribution is -0.153. The fraction of sp³-hybridized carbons (Fsp3) is 0.625. The average Bonchev–Trinajstić information content (AvgIpc) is 3.20. The van der Waals surface area contributed by atoms with Crippen molar-refractivity contribution in [1.29, 1.82) is 0 Å². The number of aliphatic carboxylic acids is 1. The van der Waals surface area contributed by atoms with E-state index in [1.54, 1.807) is 6.26 Å². The molecular formula is C16H21NO4. The highest BCUT2D eigenvalue weighted by molar-refractivity contribution is 5.85. The first-order valence-corrected chi connectivity index (χ1v) is 7.72. The lowest BCUT2D eigenvalue weighted by Gasteiger charge is -2.32. The van der Waals surface area contributed by atoms with Crippen LogP contribution < -0.4 is 0 Å². The number of rotatable bonds is 5. The van der Waals surface area contributed by atoms with Crippen LogP contribution in [0.4, 0.5) is 0 Å². The number of hydrogen-bond donors (Lipinski definition) is 1. The molecule has 2 unspecified atom stereocenters. The van der Waals surface area contributed by atoms with Crippen LogP contribution in [0.5, 0.6) is 0 Å². The lowest BCUT2D eigenvalue weighted by Crippen LogP contribution is -2.43. The fourth-order valence-electron chi connectivity index (χ4n) is 3.28. The molecule has 0 aliphatic heterocycles. The van der Waals surface area contributed by atoms with Gasteiger partial charge in [0, 0.05) is 6.04 Å². The van der Waals surface area contributed by atoms with E-state index in [0.717, 1.165) is 31.4 Å². The Hall–Kier alpha value is -1.78. The molecule has 2 aliphatic carbocycles. The summed E-state index contributed by atoms with van der Waals surface area (Å²) in [5.41, 5.74) is 0. The number of amides is 1. The Balaban J connectivity index is 1.75. The molecule has 0 spiro atoms. The van der Waals surface area contributed by atoms with Gasteiger partial charge in [-0.25, -0.2) is 0 Å². The van der Waals surface area contributed by atoms with Crippen molar-refractivity contribution in [3.63, 3.8) is 0 Å². The Morgan fingerprint density at radius 3 is 2.48 bits per heavy atom.